The molecule has 1 aliphatic rings. The SMILES string of the molecule is COc1ccc(C=NN=C2NC(=O)C(=C(C)c3nonc3C)S2)cc1OC. The van der Waals surface area contributed by atoms with Gasteiger partial charge in [-0.15, -0.1) is 5.10 Å². The molecule has 27 heavy (non-hydrogen) atoms. The molecule has 2 heterocycles. The zero-order valence-electron chi connectivity index (χ0n) is 15.1. The number of hydrogen-bond donors (Lipinski definition) is 1. The van der Waals surface area contributed by atoms with Gasteiger partial charge in [-0.1, -0.05) is 5.16 Å². The summed E-state index contributed by atoms with van der Waals surface area (Å²) in [5.41, 5.74) is 2.61. The van der Waals surface area contributed by atoms with Crippen molar-refractivity contribution in [3.8, 4) is 11.5 Å². The number of amides is 1. The Hall–Kier alpha value is -3.14. The van der Waals surface area contributed by atoms with Gasteiger partial charge in [0.1, 0.15) is 11.4 Å². The van der Waals surface area contributed by atoms with E-state index in [1.165, 1.54) is 11.8 Å². The topological polar surface area (TPSA) is 111 Å². The van der Waals surface area contributed by atoms with E-state index in [9.17, 15) is 4.79 Å². The molecule has 1 N–H and O–H groups in total. The molecule has 0 saturated carbocycles. The maximum Gasteiger partial charge on any atom is 0.264 e. The number of allylic oxidation sites excluding steroid dienone is 1. The lowest BCUT2D eigenvalue weighted by atomic mass is 10.1. The monoisotopic (exact) mass is 387 g/mol. The molecule has 1 fully saturated rings. The Balaban J connectivity index is 1.77. The van der Waals surface area contributed by atoms with Crippen LogP contribution in [0.15, 0.2) is 37.9 Å². The molecule has 1 saturated heterocycles. The summed E-state index contributed by atoms with van der Waals surface area (Å²) in [6.07, 6.45) is 1.56. The van der Waals surface area contributed by atoms with Gasteiger partial charge >= 0.3 is 0 Å². The third-order valence-electron chi connectivity index (χ3n) is 3.74. The van der Waals surface area contributed by atoms with E-state index in [-0.39, 0.29) is 5.91 Å². The molecule has 1 aliphatic heterocycles. The van der Waals surface area contributed by atoms with E-state index in [0.717, 1.165) is 5.56 Å². The van der Waals surface area contributed by atoms with Crippen LogP contribution < -0.4 is 14.8 Å². The minimum atomic E-state index is -0.264. The predicted octanol–water partition coefficient (Wildman–Crippen LogP) is 2.38. The van der Waals surface area contributed by atoms with Crippen LogP contribution in [0, 0.1) is 6.92 Å². The van der Waals surface area contributed by atoms with Gasteiger partial charge in [-0.2, -0.15) is 5.10 Å². The molecular weight excluding hydrogens is 370 g/mol. The van der Waals surface area contributed by atoms with E-state index in [1.807, 2.05) is 6.07 Å². The maximum atomic E-state index is 12.2. The lowest BCUT2D eigenvalue weighted by Crippen LogP contribution is -2.19. The second kappa shape index (κ2) is 8.04. The molecular formula is C17H17N5O4S. The summed E-state index contributed by atoms with van der Waals surface area (Å²) < 4.78 is 15.1. The zero-order chi connectivity index (χ0) is 19.4. The molecule has 0 unspecified atom stereocenters. The van der Waals surface area contributed by atoms with Crippen LogP contribution in [0.2, 0.25) is 0 Å². The van der Waals surface area contributed by atoms with Crippen molar-refractivity contribution in [3.05, 3.63) is 40.1 Å². The molecule has 1 aromatic carbocycles. The summed E-state index contributed by atoms with van der Waals surface area (Å²) in [7, 11) is 3.13. The fourth-order valence-electron chi connectivity index (χ4n) is 2.37. The Morgan fingerprint density at radius 3 is 2.70 bits per heavy atom. The van der Waals surface area contributed by atoms with Crippen LogP contribution in [0.1, 0.15) is 23.9 Å². The molecule has 1 amide bonds. The van der Waals surface area contributed by atoms with Crippen LogP contribution in [0.3, 0.4) is 0 Å². The van der Waals surface area contributed by atoms with Gasteiger partial charge in [-0.3, -0.25) is 10.1 Å². The van der Waals surface area contributed by atoms with Gasteiger partial charge in [-0.05, 0) is 60.1 Å². The number of carbonyl (C=O) groups excluding carboxylic acids is 1. The second-order valence-electron chi connectivity index (χ2n) is 5.47. The summed E-state index contributed by atoms with van der Waals surface area (Å²) in [6.45, 7) is 3.54. The highest BCUT2D eigenvalue weighted by Gasteiger charge is 2.28. The first kappa shape index (κ1) is 18.6. The van der Waals surface area contributed by atoms with E-state index < -0.39 is 0 Å². The Kier molecular flexibility index (Phi) is 5.55. The molecule has 10 heteroatoms. The number of amidine groups is 1. The van der Waals surface area contributed by atoms with Crippen LogP contribution in [-0.2, 0) is 4.79 Å². The number of hydrogen-bond acceptors (Lipinski definition) is 9. The molecule has 0 radical (unpaired) electrons. The normalized spacial score (nSPS) is 17.5. The summed E-state index contributed by atoms with van der Waals surface area (Å²) in [5, 5.41) is 18.7. The number of aromatic nitrogens is 2. The van der Waals surface area contributed by atoms with Crippen molar-refractivity contribution >= 4 is 34.6 Å². The number of nitrogens with zero attached hydrogens (tertiary/aromatic N) is 4. The third-order valence-corrected chi connectivity index (χ3v) is 4.81. The van der Waals surface area contributed by atoms with Gasteiger partial charge < -0.3 is 9.47 Å². The average molecular weight is 387 g/mol. The van der Waals surface area contributed by atoms with Gasteiger partial charge in [0.25, 0.3) is 5.91 Å². The van der Waals surface area contributed by atoms with Gasteiger partial charge in [0.05, 0.1) is 25.3 Å². The van der Waals surface area contributed by atoms with Crippen LogP contribution >= 0.6 is 11.8 Å². The number of carbonyl (C=O) groups is 1. The zero-order valence-corrected chi connectivity index (χ0v) is 16.0. The highest BCUT2D eigenvalue weighted by molar-refractivity contribution is 8.18. The summed E-state index contributed by atoms with van der Waals surface area (Å²) >= 11 is 1.18. The maximum absolute atomic E-state index is 12.2. The number of thioether (sulfide) groups is 1. The van der Waals surface area contributed by atoms with Crippen molar-refractivity contribution in [3.63, 3.8) is 0 Å². The molecule has 0 bridgehead atoms. The van der Waals surface area contributed by atoms with Gasteiger partial charge in [0.2, 0.25) is 0 Å². The summed E-state index contributed by atoms with van der Waals surface area (Å²) in [6, 6.07) is 5.37. The standard InChI is InChI=1S/C17H17N5O4S/c1-9(14-10(2)21-26-22-14)15-16(23)19-17(27-15)20-18-8-11-5-6-12(24-3)13(7-11)25-4/h5-8H,1-4H3,(H,19,20,23). The second-order valence-corrected chi connectivity index (χ2v) is 6.47. The van der Waals surface area contributed by atoms with Crippen LogP contribution in [0.25, 0.3) is 5.57 Å². The first-order chi connectivity index (χ1) is 13.0. The minimum absolute atomic E-state index is 0.264. The molecule has 0 aliphatic carbocycles. The first-order valence-corrected chi connectivity index (χ1v) is 8.67. The van der Waals surface area contributed by atoms with Crippen molar-refractivity contribution in [1.82, 2.24) is 15.6 Å². The lowest BCUT2D eigenvalue weighted by Gasteiger charge is -2.07. The minimum Gasteiger partial charge on any atom is -0.493 e. The lowest BCUT2D eigenvalue weighted by molar-refractivity contribution is -0.115. The number of ether oxygens (including phenoxy) is 2. The Morgan fingerprint density at radius 2 is 2.04 bits per heavy atom. The van der Waals surface area contributed by atoms with Crippen molar-refractivity contribution in [2.75, 3.05) is 14.2 Å². The van der Waals surface area contributed by atoms with E-state index in [2.05, 4.69) is 30.5 Å². The van der Waals surface area contributed by atoms with Crippen LogP contribution in [-0.4, -0.2) is 41.8 Å². The Bertz CT molecular complexity index is 964. The summed E-state index contributed by atoms with van der Waals surface area (Å²) in [4.78, 5) is 12.7. The largest absolute Gasteiger partial charge is 0.493 e. The molecule has 3 rings (SSSR count). The average Bonchev–Trinajstić information content (AvgIpc) is 3.26. The predicted molar refractivity (Wildman–Crippen MR) is 102 cm³/mol. The highest BCUT2D eigenvalue weighted by Crippen LogP contribution is 2.32. The number of methoxy groups -OCH3 is 2. The van der Waals surface area contributed by atoms with E-state index in [4.69, 9.17) is 9.47 Å². The number of benzene rings is 1. The molecule has 9 nitrogen and oxygen atoms in total. The van der Waals surface area contributed by atoms with Crippen LogP contribution in [0.4, 0.5) is 0 Å². The number of rotatable bonds is 5. The fraction of sp³-hybridized carbons (Fsp3) is 0.235. The van der Waals surface area contributed by atoms with Crippen molar-refractivity contribution in [1.29, 1.82) is 0 Å². The smallest absolute Gasteiger partial charge is 0.264 e. The Morgan fingerprint density at radius 1 is 1.26 bits per heavy atom. The van der Waals surface area contributed by atoms with Crippen molar-refractivity contribution in [2.45, 2.75) is 13.8 Å². The fourth-order valence-corrected chi connectivity index (χ4v) is 3.19. The van der Waals surface area contributed by atoms with Gasteiger partial charge in [0, 0.05) is 0 Å². The highest BCUT2D eigenvalue weighted by atomic mass is 32.2. The molecule has 2 aromatic rings. The van der Waals surface area contributed by atoms with E-state index >= 15 is 0 Å². The van der Waals surface area contributed by atoms with Crippen molar-refractivity contribution < 1.29 is 18.9 Å². The third kappa shape index (κ3) is 4.00. The van der Waals surface area contributed by atoms with Gasteiger partial charge in [-0.25, -0.2) is 4.63 Å². The quantitative estimate of drug-likeness (QED) is 0.476. The van der Waals surface area contributed by atoms with Gasteiger partial charge in [0.15, 0.2) is 16.7 Å². The number of nitrogens with one attached hydrogen (secondary N) is 1. The molecule has 0 atom stereocenters. The molecule has 0 spiro atoms. The van der Waals surface area contributed by atoms with Crippen LogP contribution in [0.5, 0.6) is 11.5 Å². The first-order valence-electron chi connectivity index (χ1n) is 7.86. The number of aryl methyl sites for hydroxylation is 1. The molecule has 1 aromatic heterocycles. The molecule has 140 valence electrons. The Labute approximate surface area is 159 Å². The van der Waals surface area contributed by atoms with E-state index in [0.29, 0.717) is 38.5 Å². The van der Waals surface area contributed by atoms with E-state index in [1.54, 1.807) is 46.4 Å². The summed E-state index contributed by atoms with van der Waals surface area (Å²) in [5.74, 6) is 0.956. The van der Waals surface area contributed by atoms with Crippen molar-refractivity contribution in [2.24, 2.45) is 10.2 Å².